The smallest absolute Gasteiger partial charge is 0.0766 e. The minimum absolute atomic E-state index is 0.189. The van der Waals surface area contributed by atoms with Gasteiger partial charge < -0.3 is 5.73 Å². The van der Waals surface area contributed by atoms with Crippen LogP contribution in [0.5, 0.6) is 0 Å². The SMILES string of the molecule is CCc1nn(C)c(CC2(N)Cc3ccccc3C2)c1Br. The van der Waals surface area contributed by atoms with Gasteiger partial charge in [-0.15, -0.1) is 0 Å². The minimum Gasteiger partial charge on any atom is -0.324 e. The highest BCUT2D eigenvalue weighted by molar-refractivity contribution is 9.10. The van der Waals surface area contributed by atoms with Gasteiger partial charge in [0.2, 0.25) is 0 Å². The summed E-state index contributed by atoms with van der Waals surface area (Å²) in [7, 11) is 2.00. The first-order valence-electron chi connectivity index (χ1n) is 7.08. The molecule has 3 rings (SSSR count). The number of aryl methyl sites for hydroxylation is 2. The van der Waals surface area contributed by atoms with E-state index in [0.29, 0.717) is 0 Å². The largest absolute Gasteiger partial charge is 0.324 e. The van der Waals surface area contributed by atoms with E-state index < -0.39 is 0 Å². The molecule has 1 aliphatic carbocycles. The summed E-state index contributed by atoms with van der Waals surface area (Å²) in [6.07, 6.45) is 3.68. The maximum Gasteiger partial charge on any atom is 0.0766 e. The van der Waals surface area contributed by atoms with Crippen molar-refractivity contribution in [3.05, 3.63) is 51.3 Å². The van der Waals surface area contributed by atoms with Crippen molar-refractivity contribution < 1.29 is 0 Å². The summed E-state index contributed by atoms with van der Waals surface area (Å²) in [4.78, 5) is 0. The van der Waals surface area contributed by atoms with Gasteiger partial charge >= 0.3 is 0 Å². The molecule has 0 saturated heterocycles. The summed E-state index contributed by atoms with van der Waals surface area (Å²) >= 11 is 3.69. The van der Waals surface area contributed by atoms with Gasteiger partial charge in [0.15, 0.2) is 0 Å². The Morgan fingerprint density at radius 2 is 1.90 bits per heavy atom. The van der Waals surface area contributed by atoms with Gasteiger partial charge in [0, 0.05) is 19.0 Å². The third-order valence-electron chi connectivity index (χ3n) is 4.23. The van der Waals surface area contributed by atoms with Crippen LogP contribution in [0, 0.1) is 0 Å². The van der Waals surface area contributed by atoms with Crippen molar-refractivity contribution in [1.29, 1.82) is 0 Å². The molecule has 3 nitrogen and oxygen atoms in total. The van der Waals surface area contributed by atoms with Crippen molar-refractivity contribution in [2.24, 2.45) is 12.8 Å². The van der Waals surface area contributed by atoms with E-state index in [9.17, 15) is 0 Å². The van der Waals surface area contributed by atoms with Crippen LogP contribution < -0.4 is 5.73 Å². The zero-order chi connectivity index (χ0) is 14.3. The van der Waals surface area contributed by atoms with E-state index in [1.807, 2.05) is 11.7 Å². The summed E-state index contributed by atoms with van der Waals surface area (Å²) in [5.74, 6) is 0. The molecule has 0 bridgehead atoms. The Morgan fingerprint density at radius 3 is 2.40 bits per heavy atom. The van der Waals surface area contributed by atoms with Gasteiger partial charge in [-0.2, -0.15) is 5.10 Å². The molecule has 0 unspecified atom stereocenters. The van der Waals surface area contributed by atoms with E-state index in [-0.39, 0.29) is 5.54 Å². The van der Waals surface area contributed by atoms with Gasteiger partial charge in [0.05, 0.1) is 15.9 Å². The van der Waals surface area contributed by atoms with Crippen molar-refractivity contribution in [3.63, 3.8) is 0 Å². The van der Waals surface area contributed by atoms with Crippen molar-refractivity contribution >= 4 is 15.9 Å². The topological polar surface area (TPSA) is 43.8 Å². The Kier molecular flexibility index (Phi) is 3.46. The Hall–Kier alpha value is -1.13. The highest BCUT2D eigenvalue weighted by atomic mass is 79.9. The Labute approximate surface area is 128 Å². The first-order valence-corrected chi connectivity index (χ1v) is 7.87. The molecule has 0 aliphatic heterocycles. The Balaban J connectivity index is 1.88. The summed E-state index contributed by atoms with van der Waals surface area (Å²) in [5.41, 5.74) is 11.6. The first-order chi connectivity index (χ1) is 9.52. The lowest BCUT2D eigenvalue weighted by molar-refractivity contribution is 0.431. The van der Waals surface area contributed by atoms with Crippen LogP contribution in [0.4, 0.5) is 0 Å². The lowest BCUT2D eigenvalue weighted by Gasteiger charge is -2.24. The van der Waals surface area contributed by atoms with Crippen LogP contribution in [0.2, 0.25) is 0 Å². The minimum atomic E-state index is -0.189. The number of rotatable bonds is 3. The maximum absolute atomic E-state index is 6.67. The average molecular weight is 334 g/mol. The molecule has 1 aromatic heterocycles. The van der Waals surface area contributed by atoms with E-state index in [1.165, 1.54) is 16.8 Å². The number of benzene rings is 1. The second-order valence-corrected chi connectivity index (χ2v) is 6.64. The Morgan fingerprint density at radius 1 is 1.30 bits per heavy atom. The lowest BCUT2D eigenvalue weighted by atomic mass is 9.91. The van der Waals surface area contributed by atoms with E-state index >= 15 is 0 Å². The molecule has 1 heterocycles. The van der Waals surface area contributed by atoms with Gasteiger partial charge in [-0.25, -0.2) is 0 Å². The number of halogens is 1. The molecule has 0 spiro atoms. The standard InChI is InChI=1S/C16H20BrN3/c1-3-13-15(17)14(20(2)19-13)10-16(18)8-11-6-4-5-7-12(11)9-16/h4-7H,3,8-10,18H2,1-2H3. The fourth-order valence-electron chi connectivity index (χ4n) is 3.19. The summed E-state index contributed by atoms with van der Waals surface area (Å²) < 4.78 is 3.10. The number of nitrogens with zero attached hydrogens (tertiary/aromatic N) is 2. The van der Waals surface area contributed by atoms with Gasteiger partial charge in [-0.3, -0.25) is 4.68 Å². The van der Waals surface area contributed by atoms with Crippen molar-refractivity contribution in [1.82, 2.24) is 9.78 Å². The van der Waals surface area contributed by atoms with E-state index in [2.05, 4.69) is 52.2 Å². The molecule has 0 fully saturated rings. The molecule has 20 heavy (non-hydrogen) atoms. The predicted molar refractivity (Wildman–Crippen MR) is 84.8 cm³/mol. The predicted octanol–water partition coefficient (Wildman–Crippen LogP) is 2.78. The number of hydrogen-bond donors (Lipinski definition) is 1. The second kappa shape index (κ2) is 5.01. The lowest BCUT2D eigenvalue weighted by Crippen LogP contribution is -2.43. The average Bonchev–Trinajstić information content (AvgIpc) is 2.89. The fraction of sp³-hybridized carbons (Fsp3) is 0.438. The van der Waals surface area contributed by atoms with Crippen LogP contribution in [-0.4, -0.2) is 15.3 Å². The third-order valence-corrected chi connectivity index (χ3v) is 5.14. The molecule has 0 amide bonds. The fourth-order valence-corrected chi connectivity index (χ4v) is 3.95. The molecule has 2 aromatic rings. The van der Waals surface area contributed by atoms with Crippen molar-refractivity contribution in [2.45, 2.75) is 38.1 Å². The number of fused-ring (bicyclic) bond motifs is 1. The third kappa shape index (κ3) is 2.31. The van der Waals surface area contributed by atoms with Crippen molar-refractivity contribution in [3.8, 4) is 0 Å². The van der Waals surface area contributed by atoms with Gasteiger partial charge in [0.25, 0.3) is 0 Å². The van der Waals surface area contributed by atoms with Crippen LogP contribution in [-0.2, 0) is 32.7 Å². The normalized spacial score (nSPS) is 16.4. The van der Waals surface area contributed by atoms with Crippen molar-refractivity contribution in [2.75, 3.05) is 0 Å². The van der Waals surface area contributed by atoms with Crippen LogP contribution >= 0.6 is 15.9 Å². The van der Waals surface area contributed by atoms with Gasteiger partial charge in [0.1, 0.15) is 0 Å². The van der Waals surface area contributed by atoms with Crippen LogP contribution in [0.1, 0.15) is 29.4 Å². The highest BCUT2D eigenvalue weighted by Crippen LogP contribution is 2.33. The molecule has 0 atom stereocenters. The molecule has 2 N–H and O–H groups in total. The van der Waals surface area contributed by atoms with Crippen LogP contribution in [0.15, 0.2) is 28.7 Å². The Bertz CT molecular complexity index is 620. The molecule has 4 heteroatoms. The molecule has 1 aromatic carbocycles. The number of nitrogens with two attached hydrogens (primary N) is 1. The summed E-state index contributed by atoms with van der Waals surface area (Å²) in [6.45, 7) is 2.13. The molecule has 1 aliphatic rings. The first kappa shape index (κ1) is 13.8. The molecular weight excluding hydrogens is 314 g/mol. The monoisotopic (exact) mass is 333 g/mol. The van der Waals surface area contributed by atoms with Gasteiger partial charge in [-0.1, -0.05) is 31.2 Å². The zero-order valence-electron chi connectivity index (χ0n) is 12.0. The molecule has 0 radical (unpaired) electrons. The van der Waals surface area contributed by atoms with Gasteiger partial charge in [-0.05, 0) is 46.3 Å². The maximum atomic E-state index is 6.67. The van der Waals surface area contributed by atoms with E-state index in [4.69, 9.17) is 5.73 Å². The summed E-state index contributed by atoms with van der Waals surface area (Å²) in [5, 5.41) is 4.57. The van der Waals surface area contributed by atoms with Crippen LogP contribution in [0.25, 0.3) is 0 Å². The highest BCUT2D eigenvalue weighted by Gasteiger charge is 2.35. The zero-order valence-corrected chi connectivity index (χ0v) is 13.6. The van der Waals surface area contributed by atoms with E-state index in [0.717, 1.165) is 35.8 Å². The second-order valence-electron chi connectivity index (χ2n) is 5.85. The number of aromatic nitrogens is 2. The molecular formula is C16H20BrN3. The van der Waals surface area contributed by atoms with E-state index in [1.54, 1.807) is 0 Å². The molecule has 0 saturated carbocycles. The molecule has 106 valence electrons. The number of hydrogen-bond acceptors (Lipinski definition) is 2. The summed E-state index contributed by atoms with van der Waals surface area (Å²) in [6, 6.07) is 8.58. The van der Waals surface area contributed by atoms with Crippen LogP contribution in [0.3, 0.4) is 0 Å². The quantitative estimate of drug-likeness (QED) is 0.938.